The summed E-state index contributed by atoms with van der Waals surface area (Å²) in [5, 5.41) is 2.24. The van der Waals surface area contributed by atoms with Crippen molar-refractivity contribution in [1.29, 1.82) is 0 Å². The molecule has 1 aromatic heterocycles. The smallest absolute Gasteiger partial charge is 0.305 e. The molecule has 0 saturated carbocycles. The molecule has 0 aliphatic carbocycles. The summed E-state index contributed by atoms with van der Waals surface area (Å²) in [7, 11) is 3.05. The molecule has 0 fully saturated rings. The van der Waals surface area contributed by atoms with Gasteiger partial charge in [0.05, 0.1) is 19.2 Å². The van der Waals surface area contributed by atoms with Gasteiger partial charge in [0.15, 0.2) is 5.13 Å². The first kappa shape index (κ1) is 14.4. The Morgan fingerprint density at radius 3 is 2.83 bits per heavy atom. The summed E-state index contributed by atoms with van der Waals surface area (Å²) >= 11 is 1.32. The van der Waals surface area contributed by atoms with Crippen molar-refractivity contribution < 1.29 is 14.3 Å². The molecule has 1 rings (SSSR count). The van der Waals surface area contributed by atoms with Crippen LogP contribution in [0.5, 0.6) is 0 Å². The second kappa shape index (κ2) is 6.95. The van der Waals surface area contributed by atoms with Gasteiger partial charge in [-0.2, -0.15) is 0 Å². The second-order valence-electron chi connectivity index (χ2n) is 3.85. The molecule has 100 valence electrons. The molecule has 0 radical (unpaired) electrons. The molecule has 0 saturated heterocycles. The standard InChI is InChI=1S/C11H17N3O3S/c1-14(5-3-4-10(16)17-2)9(15)6-8-7-18-11(12)13-8/h7H,3-6H2,1-2H3,(H2,12,13). The van der Waals surface area contributed by atoms with Crippen molar-refractivity contribution >= 4 is 28.3 Å². The van der Waals surface area contributed by atoms with Crippen molar-refractivity contribution in [3.05, 3.63) is 11.1 Å². The minimum atomic E-state index is -0.261. The van der Waals surface area contributed by atoms with Gasteiger partial charge in [-0.05, 0) is 6.42 Å². The Balaban J connectivity index is 2.31. The maximum atomic E-state index is 11.8. The minimum Gasteiger partial charge on any atom is -0.469 e. The zero-order valence-corrected chi connectivity index (χ0v) is 11.3. The molecule has 2 N–H and O–H groups in total. The molecule has 7 heteroatoms. The maximum Gasteiger partial charge on any atom is 0.305 e. The normalized spacial score (nSPS) is 10.1. The summed E-state index contributed by atoms with van der Waals surface area (Å²) in [5.74, 6) is -0.298. The largest absolute Gasteiger partial charge is 0.469 e. The number of amides is 1. The van der Waals surface area contributed by atoms with Gasteiger partial charge in [-0.15, -0.1) is 11.3 Å². The number of ether oxygens (including phenoxy) is 1. The van der Waals surface area contributed by atoms with Crippen LogP contribution in [0.2, 0.25) is 0 Å². The summed E-state index contributed by atoms with van der Waals surface area (Å²) in [6, 6.07) is 0. The van der Waals surface area contributed by atoms with E-state index in [9.17, 15) is 9.59 Å². The zero-order valence-electron chi connectivity index (χ0n) is 10.5. The van der Waals surface area contributed by atoms with Gasteiger partial charge in [0.2, 0.25) is 5.91 Å². The number of rotatable bonds is 6. The Kier molecular flexibility index (Phi) is 5.57. The van der Waals surface area contributed by atoms with Crippen LogP contribution in [0.15, 0.2) is 5.38 Å². The van der Waals surface area contributed by atoms with Gasteiger partial charge in [-0.25, -0.2) is 4.98 Å². The number of aromatic nitrogens is 1. The van der Waals surface area contributed by atoms with E-state index in [0.29, 0.717) is 30.2 Å². The van der Waals surface area contributed by atoms with Gasteiger partial charge in [0, 0.05) is 25.4 Å². The van der Waals surface area contributed by atoms with Crippen LogP contribution in [0.3, 0.4) is 0 Å². The average molecular weight is 271 g/mol. The number of methoxy groups -OCH3 is 1. The van der Waals surface area contributed by atoms with E-state index in [1.807, 2.05) is 0 Å². The lowest BCUT2D eigenvalue weighted by Crippen LogP contribution is -2.29. The number of hydrogen-bond acceptors (Lipinski definition) is 6. The van der Waals surface area contributed by atoms with Crippen LogP contribution < -0.4 is 5.73 Å². The number of esters is 1. The van der Waals surface area contributed by atoms with Crippen LogP contribution in [0.1, 0.15) is 18.5 Å². The highest BCUT2D eigenvalue weighted by atomic mass is 32.1. The topological polar surface area (TPSA) is 85.5 Å². The first-order chi connectivity index (χ1) is 8.52. The lowest BCUT2D eigenvalue weighted by molar-refractivity contribution is -0.141. The molecule has 1 amide bonds. The van der Waals surface area contributed by atoms with E-state index in [0.717, 1.165) is 0 Å². The van der Waals surface area contributed by atoms with E-state index >= 15 is 0 Å². The number of hydrogen-bond donors (Lipinski definition) is 1. The molecule has 0 aliphatic heterocycles. The molecular formula is C11H17N3O3S. The number of carbonyl (C=O) groups is 2. The fourth-order valence-corrected chi connectivity index (χ4v) is 1.94. The molecule has 6 nitrogen and oxygen atoms in total. The summed E-state index contributed by atoms with van der Waals surface area (Å²) in [6.07, 6.45) is 1.15. The highest BCUT2D eigenvalue weighted by Crippen LogP contribution is 2.12. The number of anilines is 1. The number of likely N-dealkylation sites (N-methyl/N-ethyl adjacent to an activating group) is 1. The van der Waals surface area contributed by atoms with Crippen molar-refractivity contribution in [2.45, 2.75) is 19.3 Å². The molecule has 0 unspecified atom stereocenters. The number of thiazole rings is 1. The van der Waals surface area contributed by atoms with Gasteiger partial charge in [0.25, 0.3) is 0 Å². The highest BCUT2D eigenvalue weighted by Gasteiger charge is 2.12. The first-order valence-corrected chi connectivity index (χ1v) is 6.41. The lowest BCUT2D eigenvalue weighted by atomic mass is 10.2. The van der Waals surface area contributed by atoms with Crippen LogP contribution in [0.25, 0.3) is 0 Å². The summed E-state index contributed by atoms with van der Waals surface area (Å²) in [5.41, 5.74) is 6.17. The fourth-order valence-electron chi connectivity index (χ4n) is 1.38. The van der Waals surface area contributed by atoms with E-state index in [-0.39, 0.29) is 18.3 Å². The third-order valence-electron chi connectivity index (χ3n) is 2.43. The number of nitrogens with zero attached hydrogens (tertiary/aromatic N) is 2. The SMILES string of the molecule is COC(=O)CCCN(C)C(=O)Cc1csc(N)n1. The minimum absolute atomic E-state index is 0.0369. The van der Waals surface area contributed by atoms with Crippen LogP contribution >= 0.6 is 11.3 Å². The van der Waals surface area contributed by atoms with Gasteiger partial charge in [-0.1, -0.05) is 0 Å². The Hall–Kier alpha value is -1.63. The zero-order chi connectivity index (χ0) is 13.5. The lowest BCUT2D eigenvalue weighted by Gasteiger charge is -2.16. The summed E-state index contributed by atoms with van der Waals surface area (Å²) in [4.78, 5) is 28.3. The quantitative estimate of drug-likeness (QED) is 0.769. The number of carbonyl (C=O) groups excluding carboxylic acids is 2. The molecule has 1 heterocycles. The van der Waals surface area contributed by atoms with Crippen LogP contribution in [0, 0.1) is 0 Å². The molecule has 1 aromatic rings. The van der Waals surface area contributed by atoms with Crippen molar-refractivity contribution in [3.8, 4) is 0 Å². The van der Waals surface area contributed by atoms with Crippen molar-refractivity contribution in [2.75, 3.05) is 26.4 Å². The van der Waals surface area contributed by atoms with E-state index < -0.39 is 0 Å². The maximum absolute atomic E-state index is 11.8. The van der Waals surface area contributed by atoms with E-state index in [2.05, 4.69) is 9.72 Å². The average Bonchev–Trinajstić information content (AvgIpc) is 2.74. The van der Waals surface area contributed by atoms with Gasteiger partial charge in [-0.3, -0.25) is 9.59 Å². The monoisotopic (exact) mass is 271 g/mol. The Labute approximate surface area is 110 Å². The molecule has 0 atom stereocenters. The van der Waals surface area contributed by atoms with E-state index in [1.165, 1.54) is 18.4 Å². The van der Waals surface area contributed by atoms with E-state index in [4.69, 9.17) is 5.73 Å². The molecule has 0 aliphatic rings. The second-order valence-corrected chi connectivity index (χ2v) is 4.74. The molecule has 18 heavy (non-hydrogen) atoms. The molecule has 0 bridgehead atoms. The van der Waals surface area contributed by atoms with Gasteiger partial charge < -0.3 is 15.4 Å². The van der Waals surface area contributed by atoms with Crippen LogP contribution in [-0.4, -0.2) is 42.5 Å². The predicted molar refractivity (Wildman–Crippen MR) is 69.1 cm³/mol. The van der Waals surface area contributed by atoms with Gasteiger partial charge >= 0.3 is 5.97 Å². The van der Waals surface area contributed by atoms with Crippen LogP contribution in [0.4, 0.5) is 5.13 Å². The third-order valence-corrected chi connectivity index (χ3v) is 3.15. The fraction of sp³-hybridized carbons (Fsp3) is 0.545. The van der Waals surface area contributed by atoms with Gasteiger partial charge in [0.1, 0.15) is 0 Å². The summed E-state index contributed by atoms with van der Waals surface area (Å²) in [6.45, 7) is 0.521. The number of nitrogen functional groups attached to an aromatic ring is 1. The molecule has 0 spiro atoms. The van der Waals surface area contributed by atoms with Crippen LogP contribution in [-0.2, 0) is 20.7 Å². The number of nitrogens with two attached hydrogens (primary N) is 1. The van der Waals surface area contributed by atoms with Crippen molar-refractivity contribution in [2.24, 2.45) is 0 Å². The van der Waals surface area contributed by atoms with E-state index in [1.54, 1.807) is 17.3 Å². The predicted octanol–water partition coefficient (Wildman–Crippen LogP) is 0.679. The first-order valence-electron chi connectivity index (χ1n) is 5.53. The highest BCUT2D eigenvalue weighted by molar-refractivity contribution is 7.13. The molecule has 0 aromatic carbocycles. The third kappa shape index (κ3) is 4.70. The molecular weight excluding hydrogens is 254 g/mol. The van der Waals surface area contributed by atoms with Crippen molar-refractivity contribution in [3.63, 3.8) is 0 Å². The van der Waals surface area contributed by atoms with Crippen molar-refractivity contribution in [1.82, 2.24) is 9.88 Å². The Bertz CT molecular complexity index is 419. The Morgan fingerprint density at radius 2 is 2.28 bits per heavy atom. The summed E-state index contributed by atoms with van der Waals surface area (Å²) < 4.78 is 4.53. The Morgan fingerprint density at radius 1 is 1.56 bits per heavy atom.